The van der Waals surface area contributed by atoms with E-state index in [0.29, 0.717) is 17.6 Å². The van der Waals surface area contributed by atoms with Crippen molar-refractivity contribution >= 4 is 28.2 Å². The van der Waals surface area contributed by atoms with E-state index in [1.165, 1.54) is 12.1 Å². The topological polar surface area (TPSA) is 84.0 Å². The lowest BCUT2D eigenvalue weighted by molar-refractivity contribution is 0.496. The van der Waals surface area contributed by atoms with Crippen LogP contribution in [-0.2, 0) is 0 Å². The van der Waals surface area contributed by atoms with Crippen LogP contribution in [-0.4, -0.2) is 4.98 Å². The van der Waals surface area contributed by atoms with Gasteiger partial charge in [0.25, 0.3) is 0 Å². The monoisotopic (exact) mass is 295 g/mol. The predicted octanol–water partition coefficient (Wildman–Crippen LogP) is 2.86. The molecule has 0 fully saturated rings. The van der Waals surface area contributed by atoms with Gasteiger partial charge in [-0.1, -0.05) is 0 Å². The SMILES string of the molecule is Nc1cc2oc(=O)[nH]c2cc1Nc1cc(F)c(F)cc1F. The van der Waals surface area contributed by atoms with Gasteiger partial charge in [0.05, 0.1) is 22.6 Å². The van der Waals surface area contributed by atoms with Crippen LogP contribution in [0.2, 0.25) is 0 Å². The highest BCUT2D eigenvalue weighted by molar-refractivity contribution is 5.87. The molecule has 0 aliphatic rings. The smallest absolute Gasteiger partial charge is 0.408 e. The van der Waals surface area contributed by atoms with Gasteiger partial charge < -0.3 is 15.5 Å². The number of hydrogen-bond donors (Lipinski definition) is 3. The number of rotatable bonds is 2. The molecule has 0 saturated carbocycles. The Morgan fingerprint density at radius 1 is 1.00 bits per heavy atom. The normalized spacial score (nSPS) is 11.0. The summed E-state index contributed by atoms with van der Waals surface area (Å²) in [5, 5.41) is 2.54. The first-order valence-electron chi connectivity index (χ1n) is 5.78. The summed E-state index contributed by atoms with van der Waals surface area (Å²) >= 11 is 0. The second kappa shape index (κ2) is 4.58. The molecule has 0 radical (unpaired) electrons. The van der Waals surface area contributed by atoms with Gasteiger partial charge in [-0.3, -0.25) is 4.98 Å². The van der Waals surface area contributed by atoms with Crippen molar-refractivity contribution in [2.24, 2.45) is 0 Å². The maximum atomic E-state index is 13.6. The lowest BCUT2D eigenvalue weighted by atomic mass is 10.2. The van der Waals surface area contributed by atoms with E-state index in [-0.39, 0.29) is 22.6 Å². The van der Waals surface area contributed by atoms with E-state index < -0.39 is 23.2 Å². The lowest BCUT2D eigenvalue weighted by Gasteiger charge is -2.10. The summed E-state index contributed by atoms with van der Waals surface area (Å²) < 4.78 is 44.4. The highest BCUT2D eigenvalue weighted by Gasteiger charge is 2.12. The Morgan fingerprint density at radius 2 is 1.71 bits per heavy atom. The number of anilines is 3. The number of hydrogen-bond acceptors (Lipinski definition) is 4. The Kier molecular flexibility index (Phi) is 2.86. The lowest BCUT2D eigenvalue weighted by Crippen LogP contribution is -2.00. The van der Waals surface area contributed by atoms with Gasteiger partial charge in [-0.2, -0.15) is 0 Å². The molecule has 2 aromatic carbocycles. The van der Waals surface area contributed by atoms with Crippen molar-refractivity contribution in [3.63, 3.8) is 0 Å². The van der Waals surface area contributed by atoms with Crippen LogP contribution in [0.15, 0.2) is 33.5 Å². The van der Waals surface area contributed by atoms with Crippen LogP contribution in [0.4, 0.5) is 30.2 Å². The molecular weight excluding hydrogens is 287 g/mol. The third kappa shape index (κ3) is 2.31. The van der Waals surface area contributed by atoms with Crippen LogP contribution >= 0.6 is 0 Å². The molecule has 5 nitrogen and oxygen atoms in total. The summed E-state index contributed by atoms with van der Waals surface area (Å²) in [5.74, 6) is -4.13. The van der Waals surface area contributed by atoms with E-state index in [1.807, 2.05) is 0 Å². The predicted molar refractivity (Wildman–Crippen MR) is 70.8 cm³/mol. The molecule has 0 spiro atoms. The van der Waals surface area contributed by atoms with Gasteiger partial charge in [-0.25, -0.2) is 18.0 Å². The minimum atomic E-state index is -1.29. The number of aromatic nitrogens is 1. The van der Waals surface area contributed by atoms with E-state index in [0.717, 1.165) is 0 Å². The molecule has 4 N–H and O–H groups in total. The minimum absolute atomic E-state index is 0.148. The van der Waals surface area contributed by atoms with Crippen molar-refractivity contribution in [2.45, 2.75) is 0 Å². The number of nitrogens with one attached hydrogen (secondary N) is 2. The number of aromatic amines is 1. The van der Waals surface area contributed by atoms with Crippen molar-refractivity contribution < 1.29 is 17.6 Å². The largest absolute Gasteiger partial charge is 0.417 e. The zero-order chi connectivity index (χ0) is 15.1. The van der Waals surface area contributed by atoms with Crippen molar-refractivity contribution in [3.05, 3.63) is 52.3 Å². The number of benzene rings is 2. The van der Waals surface area contributed by atoms with Gasteiger partial charge in [-0.05, 0) is 6.07 Å². The Balaban J connectivity index is 2.07. The third-order valence-corrected chi connectivity index (χ3v) is 2.87. The summed E-state index contributed by atoms with van der Waals surface area (Å²) in [6.45, 7) is 0. The molecule has 21 heavy (non-hydrogen) atoms. The Hall–Kier alpha value is -2.90. The zero-order valence-electron chi connectivity index (χ0n) is 10.3. The van der Waals surface area contributed by atoms with E-state index >= 15 is 0 Å². The molecule has 0 saturated heterocycles. The first-order chi connectivity index (χ1) is 9.94. The first kappa shape index (κ1) is 13.1. The zero-order valence-corrected chi connectivity index (χ0v) is 10.3. The van der Waals surface area contributed by atoms with Gasteiger partial charge in [0.1, 0.15) is 5.82 Å². The summed E-state index contributed by atoms with van der Waals surface area (Å²) in [5.41, 5.74) is 6.37. The Morgan fingerprint density at radius 3 is 2.48 bits per heavy atom. The minimum Gasteiger partial charge on any atom is -0.408 e. The van der Waals surface area contributed by atoms with Crippen LogP contribution in [0, 0.1) is 17.5 Å². The molecule has 0 amide bonds. The molecule has 1 aromatic heterocycles. The fourth-order valence-electron chi connectivity index (χ4n) is 1.88. The van der Waals surface area contributed by atoms with Gasteiger partial charge in [0, 0.05) is 18.2 Å². The van der Waals surface area contributed by atoms with Crippen LogP contribution in [0.1, 0.15) is 0 Å². The summed E-state index contributed by atoms with van der Waals surface area (Å²) in [6.07, 6.45) is 0. The van der Waals surface area contributed by atoms with Gasteiger partial charge in [0.15, 0.2) is 17.2 Å². The first-order valence-corrected chi connectivity index (χ1v) is 5.78. The Bertz CT molecular complexity index is 902. The molecule has 0 aliphatic heterocycles. The second-order valence-electron chi connectivity index (χ2n) is 4.32. The number of H-pyrrole nitrogens is 1. The average molecular weight is 295 g/mol. The number of oxazole rings is 1. The van der Waals surface area contributed by atoms with Gasteiger partial charge in [0.2, 0.25) is 0 Å². The maximum Gasteiger partial charge on any atom is 0.417 e. The third-order valence-electron chi connectivity index (χ3n) is 2.87. The number of fused-ring (bicyclic) bond motifs is 1. The molecule has 108 valence electrons. The molecule has 0 atom stereocenters. The molecule has 8 heteroatoms. The number of nitrogen functional groups attached to an aromatic ring is 1. The second-order valence-corrected chi connectivity index (χ2v) is 4.32. The molecule has 0 unspecified atom stereocenters. The number of halogens is 3. The van der Waals surface area contributed by atoms with Crippen LogP contribution in [0.25, 0.3) is 11.1 Å². The van der Waals surface area contributed by atoms with Crippen molar-refractivity contribution in [1.82, 2.24) is 4.98 Å². The van der Waals surface area contributed by atoms with Crippen LogP contribution in [0.3, 0.4) is 0 Å². The molecule has 3 rings (SSSR count). The Labute approximate surface area is 115 Å². The van der Waals surface area contributed by atoms with Crippen LogP contribution in [0.5, 0.6) is 0 Å². The summed E-state index contributed by atoms with van der Waals surface area (Å²) in [7, 11) is 0. The van der Waals surface area contributed by atoms with E-state index in [1.54, 1.807) is 0 Å². The molecule has 1 heterocycles. The highest BCUT2D eigenvalue weighted by Crippen LogP contribution is 2.29. The molecule has 3 aromatic rings. The van der Waals surface area contributed by atoms with E-state index in [9.17, 15) is 18.0 Å². The molecule has 0 aliphatic carbocycles. The quantitative estimate of drug-likeness (QED) is 0.501. The van der Waals surface area contributed by atoms with E-state index in [4.69, 9.17) is 10.2 Å². The summed E-state index contributed by atoms with van der Waals surface area (Å²) in [6, 6.07) is 3.85. The average Bonchev–Trinajstić information content (AvgIpc) is 2.75. The van der Waals surface area contributed by atoms with Crippen molar-refractivity contribution in [1.29, 1.82) is 0 Å². The van der Waals surface area contributed by atoms with E-state index in [2.05, 4.69) is 10.3 Å². The molecule has 0 bridgehead atoms. The summed E-state index contributed by atoms with van der Waals surface area (Å²) in [4.78, 5) is 13.5. The van der Waals surface area contributed by atoms with Gasteiger partial charge in [-0.15, -0.1) is 0 Å². The van der Waals surface area contributed by atoms with Gasteiger partial charge >= 0.3 is 5.76 Å². The highest BCUT2D eigenvalue weighted by atomic mass is 19.2. The van der Waals surface area contributed by atoms with Crippen molar-refractivity contribution in [3.8, 4) is 0 Å². The van der Waals surface area contributed by atoms with Crippen LogP contribution < -0.4 is 16.8 Å². The number of nitrogens with two attached hydrogens (primary N) is 1. The fourth-order valence-corrected chi connectivity index (χ4v) is 1.88. The standard InChI is InChI=1S/C13H8F3N3O2/c14-5-1-7(16)9(2-6(5)15)18-10-4-11-12(3-8(10)17)21-13(20)19-11/h1-4,18H,17H2,(H,19,20). The van der Waals surface area contributed by atoms with Crippen molar-refractivity contribution in [2.75, 3.05) is 11.1 Å². The molecular formula is C13H8F3N3O2. The maximum absolute atomic E-state index is 13.6. The fraction of sp³-hybridized carbons (Fsp3) is 0.